The average molecular weight is 252 g/mol. The number of ether oxygens (including phenoxy) is 1. The van der Waals surface area contributed by atoms with Crippen molar-refractivity contribution in [2.75, 3.05) is 0 Å². The fourth-order valence-electron chi connectivity index (χ4n) is 3.51. The molecule has 0 aromatic rings. The second-order valence-electron chi connectivity index (χ2n) is 7.27. The molecule has 0 aromatic heterocycles. The van der Waals surface area contributed by atoms with Gasteiger partial charge < -0.3 is 4.74 Å². The third-order valence-corrected chi connectivity index (χ3v) is 5.33. The van der Waals surface area contributed by atoms with Crippen molar-refractivity contribution in [3.05, 3.63) is 0 Å². The number of hydrogen-bond acceptors (Lipinski definition) is 2. The minimum Gasteiger partial charge on any atom is -0.459 e. The second-order valence-corrected chi connectivity index (χ2v) is 7.27. The van der Waals surface area contributed by atoms with E-state index in [9.17, 15) is 4.79 Å². The summed E-state index contributed by atoms with van der Waals surface area (Å²) in [6.07, 6.45) is 8.35. The summed E-state index contributed by atoms with van der Waals surface area (Å²) in [7, 11) is 0. The largest absolute Gasteiger partial charge is 0.459 e. The minimum absolute atomic E-state index is 0.0102. The number of rotatable bonds is 3. The van der Waals surface area contributed by atoms with Gasteiger partial charge in [0.15, 0.2) is 0 Å². The molecular formula is C16H28O2. The van der Waals surface area contributed by atoms with Gasteiger partial charge in [-0.2, -0.15) is 0 Å². The molecule has 3 unspecified atom stereocenters. The maximum absolute atomic E-state index is 12.2. The molecule has 2 nitrogen and oxygen atoms in total. The van der Waals surface area contributed by atoms with Gasteiger partial charge >= 0.3 is 5.97 Å². The molecule has 0 radical (unpaired) electrons. The third-order valence-electron chi connectivity index (χ3n) is 5.33. The van der Waals surface area contributed by atoms with E-state index in [1.54, 1.807) is 0 Å². The standard InChI is InChI=1S/C16H28O2/c1-5-15(2,3)14(17)18-16(4)10-9-12-7-6-8-13(12)11-16/h12-13H,5-11H2,1-4H3. The Morgan fingerprint density at radius 1 is 1.28 bits per heavy atom. The van der Waals surface area contributed by atoms with E-state index < -0.39 is 0 Å². The predicted octanol–water partition coefficient (Wildman–Crippen LogP) is 4.32. The first-order chi connectivity index (χ1) is 8.36. The van der Waals surface area contributed by atoms with Crippen LogP contribution in [0.1, 0.15) is 72.6 Å². The molecule has 0 aliphatic heterocycles. The van der Waals surface area contributed by atoms with E-state index in [0.29, 0.717) is 0 Å². The molecule has 2 aliphatic carbocycles. The van der Waals surface area contributed by atoms with Crippen molar-refractivity contribution in [1.82, 2.24) is 0 Å². The lowest BCUT2D eigenvalue weighted by molar-refractivity contribution is -0.174. The number of carbonyl (C=O) groups is 1. The van der Waals surface area contributed by atoms with Crippen molar-refractivity contribution in [2.24, 2.45) is 17.3 Å². The van der Waals surface area contributed by atoms with Crippen LogP contribution in [0, 0.1) is 17.3 Å². The summed E-state index contributed by atoms with van der Waals surface area (Å²) in [5.74, 6) is 1.71. The van der Waals surface area contributed by atoms with Crippen molar-refractivity contribution in [1.29, 1.82) is 0 Å². The van der Waals surface area contributed by atoms with Crippen LogP contribution in [0.25, 0.3) is 0 Å². The monoisotopic (exact) mass is 252 g/mol. The molecule has 2 fully saturated rings. The van der Waals surface area contributed by atoms with Crippen LogP contribution in [-0.2, 0) is 9.53 Å². The molecule has 2 rings (SSSR count). The van der Waals surface area contributed by atoms with Crippen molar-refractivity contribution >= 4 is 5.97 Å². The Morgan fingerprint density at radius 3 is 2.61 bits per heavy atom. The molecule has 104 valence electrons. The highest BCUT2D eigenvalue weighted by atomic mass is 16.6. The maximum atomic E-state index is 12.2. The summed E-state index contributed by atoms with van der Waals surface area (Å²) in [6, 6.07) is 0. The van der Waals surface area contributed by atoms with Crippen LogP contribution in [0.5, 0.6) is 0 Å². The summed E-state index contributed by atoms with van der Waals surface area (Å²) in [5, 5.41) is 0. The normalized spacial score (nSPS) is 36.2. The SMILES string of the molecule is CCC(C)(C)C(=O)OC1(C)CCC2CCCC2C1. The van der Waals surface area contributed by atoms with Gasteiger partial charge in [0, 0.05) is 0 Å². The van der Waals surface area contributed by atoms with Crippen LogP contribution >= 0.6 is 0 Å². The topological polar surface area (TPSA) is 26.3 Å². The molecule has 2 saturated carbocycles. The van der Waals surface area contributed by atoms with E-state index in [4.69, 9.17) is 4.74 Å². The van der Waals surface area contributed by atoms with Gasteiger partial charge in [0.2, 0.25) is 0 Å². The molecule has 0 heterocycles. The van der Waals surface area contributed by atoms with Crippen LogP contribution < -0.4 is 0 Å². The Morgan fingerprint density at radius 2 is 1.94 bits per heavy atom. The van der Waals surface area contributed by atoms with Crippen LogP contribution in [-0.4, -0.2) is 11.6 Å². The van der Waals surface area contributed by atoms with Gasteiger partial charge in [-0.1, -0.05) is 26.2 Å². The van der Waals surface area contributed by atoms with Crippen molar-refractivity contribution in [3.8, 4) is 0 Å². The van der Waals surface area contributed by atoms with Crippen LogP contribution in [0.15, 0.2) is 0 Å². The molecule has 0 bridgehead atoms. The quantitative estimate of drug-likeness (QED) is 0.699. The third kappa shape index (κ3) is 2.73. The minimum atomic E-state index is -0.338. The van der Waals surface area contributed by atoms with Crippen molar-refractivity contribution < 1.29 is 9.53 Å². The molecule has 3 atom stereocenters. The van der Waals surface area contributed by atoms with Gasteiger partial charge in [-0.3, -0.25) is 4.79 Å². The average Bonchev–Trinajstić information content (AvgIpc) is 2.75. The molecule has 0 aromatic carbocycles. The molecule has 0 spiro atoms. The number of esters is 1. The molecule has 0 saturated heterocycles. The summed E-state index contributed by atoms with van der Waals surface area (Å²) in [5.41, 5.74) is -0.537. The Balaban J connectivity index is 1.98. The Bertz CT molecular complexity index is 321. The van der Waals surface area contributed by atoms with Gasteiger partial charge in [-0.15, -0.1) is 0 Å². The fraction of sp³-hybridized carbons (Fsp3) is 0.938. The number of fused-ring (bicyclic) bond motifs is 1. The highest BCUT2D eigenvalue weighted by molar-refractivity contribution is 5.76. The fourth-order valence-corrected chi connectivity index (χ4v) is 3.51. The molecule has 0 N–H and O–H groups in total. The van der Waals surface area contributed by atoms with Gasteiger partial charge in [-0.25, -0.2) is 0 Å². The first-order valence-electron chi connectivity index (χ1n) is 7.60. The predicted molar refractivity (Wildman–Crippen MR) is 73.3 cm³/mol. The zero-order valence-electron chi connectivity index (χ0n) is 12.4. The Labute approximate surface area is 111 Å². The smallest absolute Gasteiger partial charge is 0.312 e. The first-order valence-corrected chi connectivity index (χ1v) is 7.60. The van der Waals surface area contributed by atoms with E-state index in [1.165, 1.54) is 25.7 Å². The zero-order valence-corrected chi connectivity index (χ0v) is 12.4. The van der Waals surface area contributed by atoms with Gasteiger partial charge in [0.1, 0.15) is 5.60 Å². The van der Waals surface area contributed by atoms with Gasteiger partial charge in [-0.05, 0) is 58.3 Å². The molecule has 2 aliphatic rings. The Kier molecular flexibility index (Phi) is 3.75. The van der Waals surface area contributed by atoms with Crippen LogP contribution in [0.3, 0.4) is 0 Å². The van der Waals surface area contributed by atoms with E-state index in [0.717, 1.165) is 31.1 Å². The van der Waals surface area contributed by atoms with Crippen LogP contribution in [0.4, 0.5) is 0 Å². The molecule has 2 heteroatoms. The molecule has 18 heavy (non-hydrogen) atoms. The second kappa shape index (κ2) is 4.86. The van der Waals surface area contributed by atoms with Gasteiger partial charge in [0.25, 0.3) is 0 Å². The van der Waals surface area contributed by atoms with E-state index in [-0.39, 0.29) is 17.0 Å². The van der Waals surface area contributed by atoms with Gasteiger partial charge in [0.05, 0.1) is 5.41 Å². The lowest BCUT2D eigenvalue weighted by Crippen LogP contribution is -2.42. The lowest BCUT2D eigenvalue weighted by Gasteiger charge is -2.41. The van der Waals surface area contributed by atoms with E-state index in [2.05, 4.69) is 13.8 Å². The first kappa shape index (κ1) is 13.9. The van der Waals surface area contributed by atoms with E-state index >= 15 is 0 Å². The van der Waals surface area contributed by atoms with E-state index in [1.807, 2.05) is 13.8 Å². The maximum Gasteiger partial charge on any atom is 0.312 e. The molecular weight excluding hydrogens is 224 g/mol. The van der Waals surface area contributed by atoms with Crippen LogP contribution in [0.2, 0.25) is 0 Å². The zero-order chi connectivity index (χ0) is 13.4. The summed E-state index contributed by atoms with van der Waals surface area (Å²) in [4.78, 5) is 12.2. The number of carbonyl (C=O) groups excluding carboxylic acids is 1. The van der Waals surface area contributed by atoms with Crippen molar-refractivity contribution in [3.63, 3.8) is 0 Å². The van der Waals surface area contributed by atoms with Crippen molar-refractivity contribution in [2.45, 2.75) is 78.2 Å². The highest BCUT2D eigenvalue weighted by Gasteiger charge is 2.43. The summed E-state index contributed by atoms with van der Waals surface area (Å²) < 4.78 is 5.90. The number of hydrogen-bond donors (Lipinski definition) is 0. The summed E-state index contributed by atoms with van der Waals surface area (Å²) >= 11 is 0. The highest BCUT2D eigenvalue weighted by Crippen LogP contribution is 2.47. The lowest BCUT2D eigenvalue weighted by atomic mass is 9.74. The Hall–Kier alpha value is -0.530. The molecule has 0 amide bonds. The summed E-state index contributed by atoms with van der Waals surface area (Å²) in [6.45, 7) is 8.17.